The first kappa shape index (κ1) is 17.8. The van der Waals surface area contributed by atoms with Gasteiger partial charge in [-0.05, 0) is 67.8 Å². The van der Waals surface area contributed by atoms with E-state index in [0.717, 1.165) is 5.75 Å². The van der Waals surface area contributed by atoms with Crippen molar-refractivity contribution in [2.45, 2.75) is 47.8 Å². The minimum Gasteiger partial charge on any atom is -0.161 e. The molecule has 130 valence electrons. The van der Waals surface area contributed by atoms with Crippen LogP contribution in [0.15, 0.2) is 99.6 Å². The summed E-state index contributed by atoms with van der Waals surface area (Å²) >= 11 is 0. The highest BCUT2D eigenvalue weighted by Crippen LogP contribution is 2.67. The van der Waals surface area contributed by atoms with E-state index in [1.165, 1.54) is 20.2 Å². The average Bonchev–Trinajstić information content (AvgIpc) is 2.64. The SMILES string of the molecule is CCS(c1ccccc1)(c1ccccc1)c1ccc(C(C)(C)C)cc1. The van der Waals surface area contributed by atoms with Crippen LogP contribution in [0, 0.1) is 0 Å². The zero-order chi connectivity index (χ0) is 17.9. The molecule has 0 aliphatic rings. The fourth-order valence-corrected chi connectivity index (χ4v) is 7.06. The Kier molecular flexibility index (Phi) is 5.06. The van der Waals surface area contributed by atoms with Gasteiger partial charge in [-0.15, -0.1) is 0 Å². The van der Waals surface area contributed by atoms with E-state index < -0.39 is 10.0 Å². The third kappa shape index (κ3) is 3.39. The molecule has 0 amide bonds. The maximum absolute atomic E-state index is 2.36. The molecule has 0 N–H and O–H groups in total. The molecule has 25 heavy (non-hydrogen) atoms. The minimum absolute atomic E-state index is 0.183. The van der Waals surface area contributed by atoms with Crippen LogP contribution in [0.1, 0.15) is 33.3 Å². The van der Waals surface area contributed by atoms with E-state index in [-0.39, 0.29) is 5.41 Å². The molecule has 0 nitrogen and oxygen atoms in total. The van der Waals surface area contributed by atoms with Crippen molar-refractivity contribution in [3.63, 3.8) is 0 Å². The van der Waals surface area contributed by atoms with Crippen LogP contribution in [0.4, 0.5) is 0 Å². The van der Waals surface area contributed by atoms with Gasteiger partial charge in [-0.2, -0.15) is 10.0 Å². The van der Waals surface area contributed by atoms with Crippen molar-refractivity contribution >= 4 is 10.0 Å². The highest BCUT2D eigenvalue weighted by atomic mass is 32.3. The van der Waals surface area contributed by atoms with Crippen molar-refractivity contribution in [1.82, 2.24) is 0 Å². The van der Waals surface area contributed by atoms with Gasteiger partial charge < -0.3 is 0 Å². The zero-order valence-electron chi connectivity index (χ0n) is 15.7. The zero-order valence-corrected chi connectivity index (χ0v) is 16.5. The van der Waals surface area contributed by atoms with Crippen molar-refractivity contribution in [2.75, 3.05) is 5.75 Å². The Balaban J connectivity index is 2.21. The first-order chi connectivity index (χ1) is 12.0. The predicted molar refractivity (Wildman–Crippen MR) is 111 cm³/mol. The lowest BCUT2D eigenvalue weighted by molar-refractivity contribution is 0.589. The lowest BCUT2D eigenvalue weighted by Crippen LogP contribution is -2.11. The fourth-order valence-electron chi connectivity index (χ4n) is 3.40. The monoisotopic (exact) mass is 348 g/mol. The molecule has 0 aromatic heterocycles. The smallest absolute Gasteiger partial charge is 0.00186 e. The quantitative estimate of drug-likeness (QED) is 0.464. The van der Waals surface area contributed by atoms with Crippen molar-refractivity contribution in [1.29, 1.82) is 0 Å². The standard InChI is InChI=1S/C24H28S/c1-5-25(21-12-8-6-9-13-21,22-14-10-7-11-15-22)23-18-16-20(17-19-23)24(2,3)4/h6-19H,5H2,1-4H3. The topological polar surface area (TPSA) is 0 Å². The number of hydrogen-bond donors (Lipinski definition) is 0. The average molecular weight is 349 g/mol. The van der Waals surface area contributed by atoms with Crippen LogP contribution in [0.5, 0.6) is 0 Å². The Labute approximate surface area is 154 Å². The van der Waals surface area contributed by atoms with E-state index in [4.69, 9.17) is 0 Å². The maximum Gasteiger partial charge on any atom is -0.00186 e. The number of rotatable bonds is 4. The van der Waals surface area contributed by atoms with Crippen LogP contribution in [-0.4, -0.2) is 5.75 Å². The summed E-state index contributed by atoms with van der Waals surface area (Å²) in [6.07, 6.45) is 0. The molecule has 0 heterocycles. The lowest BCUT2D eigenvalue weighted by atomic mass is 9.87. The summed E-state index contributed by atoms with van der Waals surface area (Å²) in [6.45, 7) is 9.15. The normalized spacial score (nSPS) is 12.8. The summed E-state index contributed by atoms with van der Waals surface area (Å²) in [4.78, 5) is 4.32. The van der Waals surface area contributed by atoms with Gasteiger partial charge in [0.1, 0.15) is 0 Å². The number of hydrogen-bond acceptors (Lipinski definition) is 0. The fraction of sp³-hybridized carbons (Fsp3) is 0.250. The van der Waals surface area contributed by atoms with Crippen LogP contribution in [0.2, 0.25) is 0 Å². The summed E-state index contributed by atoms with van der Waals surface area (Å²) in [7, 11) is -1.23. The molecule has 0 unspecified atom stereocenters. The minimum atomic E-state index is -1.23. The molecular formula is C24H28S. The summed E-state index contributed by atoms with van der Waals surface area (Å²) < 4.78 is 0. The van der Waals surface area contributed by atoms with Gasteiger partial charge in [0, 0.05) is 0 Å². The molecule has 3 rings (SSSR count). The van der Waals surface area contributed by atoms with E-state index in [9.17, 15) is 0 Å². The summed E-state index contributed by atoms with van der Waals surface area (Å²) in [6, 6.07) is 31.4. The molecule has 3 aromatic carbocycles. The van der Waals surface area contributed by atoms with Gasteiger partial charge in [0.05, 0.1) is 0 Å². The van der Waals surface area contributed by atoms with Crippen molar-refractivity contribution < 1.29 is 0 Å². The van der Waals surface area contributed by atoms with Gasteiger partial charge >= 0.3 is 0 Å². The van der Waals surface area contributed by atoms with Gasteiger partial charge in [0.2, 0.25) is 0 Å². The molecular weight excluding hydrogens is 320 g/mol. The second kappa shape index (κ2) is 7.09. The Bertz CT molecular complexity index is 757. The van der Waals surface area contributed by atoms with Crippen LogP contribution < -0.4 is 0 Å². The summed E-state index contributed by atoms with van der Waals surface area (Å²) in [5, 5.41) is 0. The highest BCUT2D eigenvalue weighted by Gasteiger charge is 2.29. The Morgan fingerprint density at radius 3 is 1.36 bits per heavy atom. The molecule has 0 spiro atoms. The first-order valence-corrected chi connectivity index (χ1v) is 10.8. The van der Waals surface area contributed by atoms with Crippen molar-refractivity contribution in [3.8, 4) is 0 Å². The summed E-state index contributed by atoms with van der Waals surface area (Å²) in [5.74, 6) is 1.11. The van der Waals surface area contributed by atoms with E-state index in [1.807, 2.05) is 0 Å². The van der Waals surface area contributed by atoms with E-state index >= 15 is 0 Å². The predicted octanol–water partition coefficient (Wildman–Crippen LogP) is 7.29. The Morgan fingerprint density at radius 1 is 0.600 bits per heavy atom. The van der Waals surface area contributed by atoms with Crippen LogP contribution in [0.3, 0.4) is 0 Å². The highest BCUT2D eigenvalue weighted by molar-refractivity contribution is 8.33. The third-order valence-corrected chi connectivity index (χ3v) is 8.94. The largest absolute Gasteiger partial charge is 0.161 e. The molecule has 0 atom stereocenters. The molecule has 0 saturated carbocycles. The second-order valence-corrected chi connectivity index (χ2v) is 10.9. The molecule has 0 saturated heterocycles. The Hall–Kier alpha value is -1.99. The molecule has 0 aliphatic carbocycles. The van der Waals surface area contributed by atoms with Crippen molar-refractivity contribution in [2.24, 2.45) is 0 Å². The third-order valence-electron chi connectivity index (χ3n) is 4.85. The lowest BCUT2D eigenvalue weighted by Gasteiger charge is -2.41. The molecule has 0 aliphatic heterocycles. The molecule has 0 fully saturated rings. The maximum atomic E-state index is 2.36. The summed E-state index contributed by atoms with van der Waals surface area (Å²) in [5.41, 5.74) is 1.57. The van der Waals surface area contributed by atoms with Gasteiger partial charge in [0.25, 0.3) is 0 Å². The van der Waals surface area contributed by atoms with E-state index in [2.05, 4.69) is 113 Å². The van der Waals surface area contributed by atoms with E-state index in [1.54, 1.807) is 0 Å². The van der Waals surface area contributed by atoms with Gasteiger partial charge in [-0.25, -0.2) is 0 Å². The van der Waals surface area contributed by atoms with Crippen LogP contribution >= 0.6 is 10.0 Å². The molecule has 3 aromatic rings. The molecule has 0 radical (unpaired) electrons. The van der Waals surface area contributed by atoms with Crippen molar-refractivity contribution in [3.05, 3.63) is 90.5 Å². The van der Waals surface area contributed by atoms with E-state index in [0.29, 0.717) is 0 Å². The number of benzene rings is 3. The van der Waals surface area contributed by atoms with Crippen LogP contribution in [0.25, 0.3) is 0 Å². The van der Waals surface area contributed by atoms with Gasteiger partial charge in [-0.3, -0.25) is 0 Å². The Morgan fingerprint density at radius 2 is 1.00 bits per heavy atom. The van der Waals surface area contributed by atoms with Gasteiger partial charge in [-0.1, -0.05) is 76.2 Å². The molecule has 1 heteroatoms. The molecule has 0 bridgehead atoms. The van der Waals surface area contributed by atoms with Gasteiger partial charge in [0.15, 0.2) is 0 Å². The first-order valence-electron chi connectivity index (χ1n) is 9.00. The van der Waals surface area contributed by atoms with Crippen LogP contribution in [-0.2, 0) is 5.41 Å². The second-order valence-electron chi connectivity index (χ2n) is 7.43.